The summed E-state index contributed by atoms with van der Waals surface area (Å²) in [6.07, 6.45) is 0. The number of esters is 1. The van der Waals surface area contributed by atoms with Crippen molar-refractivity contribution in [3.63, 3.8) is 0 Å². The van der Waals surface area contributed by atoms with E-state index in [2.05, 4.69) is 36.4 Å². The Balaban J connectivity index is 1.58. The molecule has 0 aliphatic rings. The first-order valence-electron chi connectivity index (χ1n) is 7.93. The van der Waals surface area contributed by atoms with Crippen LogP contribution in [0, 0.1) is 0 Å². The molecule has 4 aromatic carbocycles. The lowest BCUT2D eigenvalue weighted by molar-refractivity contribution is 0.0473. The van der Waals surface area contributed by atoms with Crippen molar-refractivity contribution in [3.8, 4) is 0 Å². The monoisotopic (exact) mass is 312 g/mol. The second-order valence-corrected chi connectivity index (χ2v) is 5.82. The van der Waals surface area contributed by atoms with Crippen LogP contribution in [-0.2, 0) is 11.3 Å². The maximum Gasteiger partial charge on any atom is 0.338 e. The third-order valence-electron chi connectivity index (χ3n) is 4.15. The number of carbonyl (C=O) groups excluding carboxylic acids is 1. The molecule has 4 aromatic rings. The number of carbonyl (C=O) groups is 1. The molecular formula is C22H16O2. The SMILES string of the molecule is O=C(OCc1ccc2cc3ccccc3cc2c1)c1ccccc1. The fourth-order valence-electron chi connectivity index (χ4n) is 2.89. The standard InChI is InChI=1S/C22H16O2/c23-22(17-6-2-1-3-7-17)24-15-16-10-11-20-13-18-8-4-5-9-19(18)14-21(20)12-16/h1-14H,15H2. The summed E-state index contributed by atoms with van der Waals surface area (Å²) in [5.74, 6) is -0.297. The number of fused-ring (bicyclic) bond motifs is 2. The highest BCUT2D eigenvalue weighted by Gasteiger charge is 2.07. The Morgan fingerprint density at radius 1 is 0.667 bits per heavy atom. The maximum atomic E-state index is 12.0. The van der Waals surface area contributed by atoms with Crippen molar-refractivity contribution < 1.29 is 9.53 Å². The second-order valence-electron chi connectivity index (χ2n) is 5.82. The summed E-state index contributed by atoms with van der Waals surface area (Å²) in [7, 11) is 0. The van der Waals surface area contributed by atoms with Gasteiger partial charge in [0.25, 0.3) is 0 Å². The smallest absolute Gasteiger partial charge is 0.338 e. The lowest BCUT2D eigenvalue weighted by atomic mass is 10.0. The molecule has 0 unspecified atom stereocenters. The fraction of sp³-hybridized carbons (Fsp3) is 0.0455. The van der Waals surface area contributed by atoms with Crippen LogP contribution < -0.4 is 0 Å². The molecule has 0 aliphatic heterocycles. The van der Waals surface area contributed by atoms with Crippen LogP contribution in [0.15, 0.2) is 84.9 Å². The quantitative estimate of drug-likeness (QED) is 0.376. The number of hydrogen-bond donors (Lipinski definition) is 0. The van der Waals surface area contributed by atoms with Gasteiger partial charge in [0.15, 0.2) is 0 Å². The molecular weight excluding hydrogens is 296 g/mol. The van der Waals surface area contributed by atoms with E-state index in [0.717, 1.165) is 10.9 Å². The van der Waals surface area contributed by atoms with Gasteiger partial charge in [-0.2, -0.15) is 0 Å². The van der Waals surface area contributed by atoms with Crippen LogP contribution in [0.3, 0.4) is 0 Å². The largest absolute Gasteiger partial charge is 0.457 e. The molecule has 0 atom stereocenters. The molecule has 0 saturated heterocycles. The topological polar surface area (TPSA) is 26.3 Å². The van der Waals surface area contributed by atoms with E-state index in [4.69, 9.17) is 4.74 Å². The van der Waals surface area contributed by atoms with Crippen molar-refractivity contribution >= 4 is 27.5 Å². The lowest BCUT2D eigenvalue weighted by Gasteiger charge is -2.07. The summed E-state index contributed by atoms with van der Waals surface area (Å²) >= 11 is 0. The summed E-state index contributed by atoms with van der Waals surface area (Å²) < 4.78 is 5.41. The second kappa shape index (κ2) is 6.17. The van der Waals surface area contributed by atoms with Crippen molar-refractivity contribution in [2.45, 2.75) is 6.61 Å². The van der Waals surface area contributed by atoms with Gasteiger partial charge in [0, 0.05) is 0 Å². The molecule has 0 radical (unpaired) electrons. The van der Waals surface area contributed by atoms with Gasteiger partial charge < -0.3 is 4.74 Å². The third-order valence-corrected chi connectivity index (χ3v) is 4.15. The Morgan fingerprint density at radius 2 is 1.29 bits per heavy atom. The molecule has 0 aliphatic carbocycles. The predicted molar refractivity (Wildman–Crippen MR) is 97.0 cm³/mol. The molecule has 4 rings (SSSR count). The normalized spacial score (nSPS) is 10.8. The van der Waals surface area contributed by atoms with Gasteiger partial charge in [0.2, 0.25) is 0 Å². The molecule has 0 aromatic heterocycles. The van der Waals surface area contributed by atoms with E-state index in [1.807, 2.05) is 36.4 Å². The number of hydrogen-bond acceptors (Lipinski definition) is 2. The van der Waals surface area contributed by atoms with Gasteiger partial charge in [-0.25, -0.2) is 4.79 Å². The average molecular weight is 312 g/mol. The van der Waals surface area contributed by atoms with Gasteiger partial charge in [0.1, 0.15) is 6.61 Å². The van der Waals surface area contributed by atoms with Crippen LogP contribution in [0.25, 0.3) is 21.5 Å². The van der Waals surface area contributed by atoms with Crippen molar-refractivity contribution in [2.24, 2.45) is 0 Å². The Hall–Kier alpha value is -3.13. The zero-order valence-electron chi connectivity index (χ0n) is 13.1. The van der Waals surface area contributed by atoms with E-state index >= 15 is 0 Å². The highest BCUT2D eigenvalue weighted by molar-refractivity contribution is 5.98. The van der Waals surface area contributed by atoms with Crippen molar-refractivity contribution in [1.29, 1.82) is 0 Å². The minimum Gasteiger partial charge on any atom is -0.457 e. The maximum absolute atomic E-state index is 12.0. The van der Waals surface area contributed by atoms with Crippen LogP contribution in [0.5, 0.6) is 0 Å². The molecule has 0 fully saturated rings. The Bertz CT molecular complexity index is 1020. The summed E-state index contributed by atoms with van der Waals surface area (Å²) in [5, 5.41) is 4.78. The Labute approximate surface area is 140 Å². The fourth-order valence-corrected chi connectivity index (χ4v) is 2.89. The highest BCUT2D eigenvalue weighted by atomic mass is 16.5. The minimum absolute atomic E-state index is 0.274. The average Bonchev–Trinajstić information content (AvgIpc) is 2.65. The van der Waals surface area contributed by atoms with E-state index in [1.54, 1.807) is 12.1 Å². The predicted octanol–water partition coefficient (Wildman–Crippen LogP) is 5.35. The van der Waals surface area contributed by atoms with Crippen LogP contribution in [0.4, 0.5) is 0 Å². The third kappa shape index (κ3) is 2.86. The molecule has 0 bridgehead atoms. The van der Waals surface area contributed by atoms with Crippen LogP contribution in [-0.4, -0.2) is 5.97 Å². The van der Waals surface area contributed by atoms with E-state index < -0.39 is 0 Å². The molecule has 0 N–H and O–H groups in total. The van der Waals surface area contributed by atoms with Crippen molar-refractivity contribution in [2.75, 3.05) is 0 Å². The molecule has 2 heteroatoms. The zero-order valence-corrected chi connectivity index (χ0v) is 13.1. The highest BCUT2D eigenvalue weighted by Crippen LogP contribution is 2.24. The van der Waals surface area contributed by atoms with E-state index in [1.165, 1.54) is 16.2 Å². The molecule has 0 amide bonds. The van der Waals surface area contributed by atoms with Gasteiger partial charge >= 0.3 is 5.97 Å². The molecule has 0 saturated carbocycles. The molecule has 0 heterocycles. The first-order valence-corrected chi connectivity index (χ1v) is 7.93. The van der Waals surface area contributed by atoms with E-state index in [0.29, 0.717) is 5.56 Å². The molecule has 24 heavy (non-hydrogen) atoms. The van der Waals surface area contributed by atoms with Crippen molar-refractivity contribution in [3.05, 3.63) is 96.1 Å². The van der Waals surface area contributed by atoms with Gasteiger partial charge in [-0.05, 0) is 57.4 Å². The molecule has 0 spiro atoms. The summed E-state index contributed by atoms with van der Waals surface area (Å²) in [6, 6.07) is 27.9. The zero-order chi connectivity index (χ0) is 16.4. The first kappa shape index (κ1) is 14.5. The van der Waals surface area contributed by atoms with Crippen LogP contribution in [0.2, 0.25) is 0 Å². The summed E-state index contributed by atoms with van der Waals surface area (Å²) in [4.78, 5) is 12.0. The van der Waals surface area contributed by atoms with Crippen LogP contribution in [0.1, 0.15) is 15.9 Å². The first-order chi connectivity index (χ1) is 11.8. The number of ether oxygens (including phenoxy) is 1. The summed E-state index contributed by atoms with van der Waals surface area (Å²) in [6.45, 7) is 0.274. The Morgan fingerprint density at radius 3 is 2.04 bits per heavy atom. The van der Waals surface area contributed by atoms with Gasteiger partial charge in [0.05, 0.1) is 5.56 Å². The van der Waals surface area contributed by atoms with Crippen molar-refractivity contribution in [1.82, 2.24) is 0 Å². The van der Waals surface area contributed by atoms with Gasteiger partial charge in [-0.1, -0.05) is 54.6 Å². The summed E-state index contributed by atoms with van der Waals surface area (Å²) in [5.41, 5.74) is 1.56. The minimum atomic E-state index is -0.297. The van der Waals surface area contributed by atoms with Gasteiger partial charge in [-0.3, -0.25) is 0 Å². The van der Waals surface area contributed by atoms with Gasteiger partial charge in [-0.15, -0.1) is 0 Å². The Kier molecular flexibility index (Phi) is 3.72. The molecule has 116 valence electrons. The van der Waals surface area contributed by atoms with Crippen LogP contribution >= 0.6 is 0 Å². The molecule has 2 nitrogen and oxygen atoms in total. The van der Waals surface area contributed by atoms with E-state index in [-0.39, 0.29) is 12.6 Å². The lowest BCUT2D eigenvalue weighted by Crippen LogP contribution is -2.04. The van der Waals surface area contributed by atoms with E-state index in [9.17, 15) is 4.79 Å². The number of benzene rings is 4. The number of rotatable bonds is 3.